The van der Waals surface area contributed by atoms with E-state index in [-0.39, 0.29) is 16.8 Å². The minimum absolute atomic E-state index is 0.172. The summed E-state index contributed by atoms with van der Waals surface area (Å²) >= 11 is 5.95. The Labute approximate surface area is 201 Å². The number of carbonyl (C=O) groups excluding carboxylic acids is 1. The van der Waals surface area contributed by atoms with Crippen molar-refractivity contribution in [3.63, 3.8) is 0 Å². The molecule has 0 saturated heterocycles. The quantitative estimate of drug-likeness (QED) is 0.412. The zero-order valence-electron chi connectivity index (χ0n) is 18.9. The van der Waals surface area contributed by atoms with Gasteiger partial charge in [0.05, 0.1) is 18.5 Å². The van der Waals surface area contributed by atoms with Crippen molar-refractivity contribution in [2.75, 3.05) is 45.0 Å². The molecule has 0 unspecified atom stereocenters. The number of carbonyl (C=O) groups is 1. The van der Waals surface area contributed by atoms with Crippen LogP contribution in [0.25, 0.3) is 11.4 Å². The third-order valence-corrected chi connectivity index (χ3v) is 4.70. The van der Waals surface area contributed by atoms with Gasteiger partial charge in [-0.25, -0.2) is 14.4 Å². The fourth-order valence-electron chi connectivity index (χ4n) is 2.87. The number of nitrogens with zero attached hydrogens (tertiary/aromatic N) is 4. The summed E-state index contributed by atoms with van der Waals surface area (Å²) in [5, 5.41) is 5.99. The summed E-state index contributed by atoms with van der Waals surface area (Å²) in [6.07, 6.45) is 2.44. The predicted molar refractivity (Wildman–Crippen MR) is 129 cm³/mol. The van der Waals surface area contributed by atoms with E-state index in [0.717, 1.165) is 6.08 Å². The number of aromatic nitrogens is 3. The van der Waals surface area contributed by atoms with Gasteiger partial charge in [0.1, 0.15) is 30.3 Å². The number of nitrogens with one attached hydrogen (secondary N) is 2. The van der Waals surface area contributed by atoms with Crippen molar-refractivity contribution in [3.05, 3.63) is 60.2 Å². The number of hydrogen-bond acceptors (Lipinski definition) is 8. The van der Waals surface area contributed by atoms with Crippen LogP contribution in [0.3, 0.4) is 0 Å². The molecule has 1 amide bonds. The van der Waals surface area contributed by atoms with Gasteiger partial charge in [-0.3, -0.25) is 4.79 Å². The van der Waals surface area contributed by atoms with E-state index in [4.69, 9.17) is 21.1 Å². The number of ether oxygens (including phenoxy) is 2. The van der Waals surface area contributed by atoms with Crippen molar-refractivity contribution < 1.29 is 18.7 Å². The lowest BCUT2D eigenvalue weighted by Gasteiger charge is -2.18. The summed E-state index contributed by atoms with van der Waals surface area (Å²) in [7, 11) is 5.36. The van der Waals surface area contributed by atoms with Crippen LogP contribution in [0.4, 0.5) is 21.7 Å². The molecule has 2 N–H and O–H groups in total. The second kappa shape index (κ2) is 11.4. The van der Waals surface area contributed by atoms with Crippen molar-refractivity contribution in [2.45, 2.75) is 0 Å². The highest BCUT2D eigenvalue weighted by Crippen LogP contribution is 2.38. The van der Waals surface area contributed by atoms with Crippen LogP contribution in [0.2, 0.25) is 5.02 Å². The molecule has 0 radical (unpaired) electrons. The average Bonchev–Trinajstić information content (AvgIpc) is 2.79. The monoisotopic (exact) mass is 486 g/mol. The van der Waals surface area contributed by atoms with Crippen LogP contribution in [-0.4, -0.2) is 60.1 Å². The first-order chi connectivity index (χ1) is 16.3. The molecule has 11 heteroatoms. The van der Waals surface area contributed by atoms with E-state index in [2.05, 4.69) is 32.2 Å². The first-order valence-electron chi connectivity index (χ1n) is 10.1. The molecular weight excluding hydrogens is 463 g/mol. The van der Waals surface area contributed by atoms with Gasteiger partial charge in [-0.15, -0.1) is 0 Å². The number of rotatable bonds is 10. The molecule has 0 aliphatic rings. The maximum atomic E-state index is 13.8. The highest BCUT2D eigenvalue weighted by Gasteiger charge is 2.15. The van der Waals surface area contributed by atoms with E-state index in [1.165, 1.54) is 25.6 Å². The van der Waals surface area contributed by atoms with Crippen LogP contribution in [0, 0.1) is 5.82 Å². The number of likely N-dealkylation sites (N-methyl/N-ethyl adjacent to an activating group) is 1. The minimum atomic E-state index is -0.508. The second-order valence-electron chi connectivity index (χ2n) is 7.31. The van der Waals surface area contributed by atoms with Crippen molar-refractivity contribution in [1.29, 1.82) is 0 Å². The summed E-state index contributed by atoms with van der Waals surface area (Å²) in [4.78, 5) is 26.5. The van der Waals surface area contributed by atoms with Crippen LogP contribution in [0.15, 0.2) is 49.3 Å². The number of halogens is 2. The fourth-order valence-corrected chi connectivity index (χ4v) is 3.09. The highest BCUT2D eigenvalue weighted by atomic mass is 35.5. The average molecular weight is 487 g/mol. The summed E-state index contributed by atoms with van der Waals surface area (Å²) in [6, 6.07) is 7.29. The molecule has 9 nitrogen and oxygen atoms in total. The number of anilines is 3. The van der Waals surface area contributed by atoms with Crippen molar-refractivity contribution in [2.24, 2.45) is 0 Å². The van der Waals surface area contributed by atoms with Gasteiger partial charge in [0, 0.05) is 23.2 Å². The number of benzene rings is 2. The Kier molecular flexibility index (Phi) is 8.34. The minimum Gasteiger partial charge on any atom is -0.494 e. The lowest BCUT2D eigenvalue weighted by molar-refractivity contribution is -0.111. The van der Waals surface area contributed by atoms with Gasteiger partial charge >= 0.3 is 0 Å². The fraction of sp³-hybridized carbons (Fsp3) is 0.217. The summed E-state index contributed by atoms with van der Waals surface area (Å²) < 4.78 is 25.1. The topological polar surface area (TPSA) is 102 Å². The standard InChI is InChI=1S/C23H24ClFN6O3/c1-5-21(32)28-18-11-17(19(33-4)12-20(18)34-7-6-31(2)3)29-23-27-13-26-22(30-23)14-8-15(24)10-16(25)9-14/h5,8-13H,1,6-7H2,2-4H3,(H,28,32)(H,26,27,29,30). The van der Waals surface area contributed by atoms with Gasteiger partial charge in [0.15, 0.2) is 5.82 Å². The highest BCUT2D eigenvalue weighted by molar-refractivity contribution is 6.30. The Morgan fingerprint density at radius 3 is 2.65 bits per heavy atom. The van der Waals surface area contributed by atoms with E-state index in [9.17, 15) is 9.18 Å². The SMILES string of the molecule is C=CC(=O)Nc1cc(Nc2ncnc(-c3cc(F)cc(Cl)c3)n2)c(OC)cc1OCCN(C)C. The second-order valence-corrected chi connectivity index (χ2v) is 7.75. The number of hydrogen-bond donors (Lipinski definition) is 2. The van der Waals surface area contributed by atoms with E-state index >= 15 is 0 Å². The van der Waals surface area contributed by atoms with Crippen LogP contribution in [-0.2, 0) is 4.79 Å². The molecule has 34 heavy (non-hydrogen) atoms. The van der Waals surface area contributed by atoms with Crippen LogP contribution in [0.5, 0.6) is 11.5 Å². The molecule has 0 bridgehead atoms. The largest absolute Gasteiger partial charge is 0.494 e. The van der Waals surface area contributed by atoms with Crippen molar-refractivity contribution in [3.8, 4) is 22.9 Å². The Morgan fingerprint density at radius 2 is 1.97 bits per heavy atom. The summed E-state index contributed by atoms with van der Waals surface area (Å²) in [6.45, 7) is 4.55. The van der Waals surface area contributed by atoms with Gasteiger partial charge < -0.3 is 25.0 Å². The molecule has 0 atom stereocenters. The molecule has 2 aromatic carbocycles. The van der Waals surface area contributed by atoms with E-state index < -0.39 is 11.7 Å². The van der Waals surface area contributed by atoms with Crippen molar-refractivity contribution >= 4 is 34.8 Å². The van der Waals surface area contributed by atoms with Gasteiger partial charge in [-0.1, -0.05) is 18.2 Å². The maximum absolute atomic E-state index is 13.8. The van der Waals surface area contributed by atoms with Gasteiger partial charge in [0.2, 0.25) is 11.9 Å². The third kappa shape index (κ3) is 6.63. The smallest absolute Gasteiger partial charge is 0.247 e. The van der Waals surface area contributed by atoms with Crippen LogP contribution in [0.1, 0.15) is 0 Å². The third-order valence-electron chi connectivity index (χ3n) is 4.48. The molecule has 178 valence electrons. The Balaban J connectivity index is 1.94. The molecule has 1 heterocycles. The lowest BCUT2D eigenvalue weighted by atomic mass is 10.2. The molecule has 0 fully saturated rings. The summed E-state index contributed by atoms with van der Waals surface area (Å²) in [5.41, 5.74) is 1.25. The zero-order valence-corrected chi connectivity index (χ0v) is 19.7. The molecular formula is C23H24ClFN6O3. The Morgan fingerprint density at radius 1 is 1.18 bits per heavy atom. The van der Waals surface area contributed by atoms with E-state index in [1.807, 2.05) is 19.0 Å². The number of amides is 1. The van der Waals surface area contributed by atoms with Gasteiger partial charge in [0.25, 0.3) is 0 Å². The molecule has 0 saturated carbocycles. The lowest BCUT2D eigenvalue weighted by Crippen LogP contribution is -2.20. The first-order valence-corrected chi connectivity index (χ1v) is 10.5. The van der Waals surface area contributed by atoms with E-state index in [1.54, 1.807) is 18.2 Å². The molecule has 0 spiro atoms. The molecule has 3 rings (SSSR count). The van der Waals surface area contributed by atoms with Crippen LogP contribution < -0.4 is 20.1 Å². The zero-order chi connectivity index (χ0) is 24.7. The first kappa shape index (κ1) is 24.9. The van der Waals surface area contributed by atoms with Gasteiger partial charge in [-0.05, 0) is 44.4 Å². The maximum Gasteiger partial charge on any atom is 0.247 e. The Hall–Kier alpha value is -3.76. The molecule has 3 aromatic rings. The number of methoxy groups -OCH3 is 1. The molecule has 0 aliphatic carbocycles. The van der Waals surface area contributed by atoms with Gasteiger partial charge in [-0.2, -0.15) is 4.98 Å². The van der Waals surface area contributed by atoms with Crippen molar-refractivity contribution in [1.82, 2.24) is 19.9 Å². The predicted octanol–water partition coefficient (Wildman–Crippen LogP) is 4.15. The summed E-state index contributed by atoms with van der Waals surface area (Å²) in [5.74, 6) is 0.329. The molecule has 1 aromatic heterocycles. The normalized spacial score (nSPS) is 10.6. The van der Waals surface area contributed by atoms with E-state index in [0.29, 0.717) is 41.6 Å². The van der Waals surface area contributed by atoms with Crippen LogP contribution >= 0.6 is 11.6 Å². The Bertz CT molecular complexity index is 1170. The molecule has 0 aliphatic heterocycles.